The average Bonchev–Trinajstić information content (AvgIpc) is 1.88. The molecule has 2 heteroatoms. The lowest BCUT2D eigenvalue weighted by Crippen LogP contribution is -2.39. The number of rotatable bonds is 0. The quantitative estimate of drug-likeness (QED) is 0.473. The maximum Gasteiger partial charge on any atom is 0.126 e. The monoisotopic (exact) mass is 139 g/mol. The Hall–Kier alpha value is -0.520. The van der Waals surface area contributed by atoms with Crippen LogP contribution in [-0.4, -0.2) is 16.7 Å². The van der Waals surface area contributed by atoms with Gasteiger partial charge in [0.05, 0.1) is 0 Å². The first-order valence-corrected chi connectivity index (χ1v) is 3.62. The van der Waals surface area contributed by atoms with Gasteiger partial charge in [-0.2, -0.15) is 0 Å². The van der Waals surface area contributed by atoms with E-state index in [0.29, 0.717) is 12.8 Å². The van der Waals surface area contributed by atoms with Crippen LogP contribution < -0.4 is 5.73 Å². The molecule has 2 unspecified atom stereocenters. The van der Waals surface area contributed by atoms with Crippen LogP contribution in [0.4, 0.5) is 0 Å². The zero-order chi connectivity index (χ0) is 7.61. The molecule has 0 amide bonds. The highest BCUT2D eigenvalue weighted by molar-refractivity contribution is 5.10. The third kappa shape index (κ3) is 1.50. The van der Waals surface area contributed by atoms with Crippen molar-refractivity contribution in [1.29, 1.82) is 0 Å². The Morgan fingerprint density at radius 1 is 1.70 bits per heavy atom. The molecule has 1 aliphatic carbocycles. The van der Waals surface area contributed by atoms with Crippen molar-refractivity contribution < 1.29 is 5.11 Å². The zero-order valence-corrected chi connectivity index (χ0v) is 6.01. The van der Waals surface area contributed by atoms with Gasteiger partial charge in [0.2, 0.25) is 0 Å². The molecule has 1 rings (SSSR count). The number of terminal acetylenes is 1. The largest absolute Gasteiger partial charge is 0.378 e. The lowest BCUT2D eigenvalue weighted by Gasteiger charge is -2.30. The molecule has 0 saturated heterocycles. The SMILES string of the molecule is C#CC1(O)CCCC(N)C1. The highest BCUT2D eigenvalue weighted by atomic mass is 16.3. The van der Waals surface area contributed by atoms with Gasteiger partial charge in [-0.3, -0.25) is 0 Å². The van der Waals surface area contributed by atoms with Gasteiger partial charge >= 0.3 is 0 Å². The van der Waals surface area contributed by atoms with Crippen molar-refractivity contribution in [3.8, 4) is 12.3 Å². The number of hydrogen-bond acceptors (Lipinski definition) is 2. The van der Waals surface area contributed by atoms with Crippen molar-refractivity contribution in [2.45, 2.75) is 37.3 Å². The molecule has 0 spiro atoms. The van der Waals surface area contributed by atoms with Crippen LogP contribution in [0.3, 0.4) is 0 Å². The molecule has 0 bridgehead atoms. The van der Waals surface area contributed by atoms with E-state index >= 15 is 0 Å². The summed E-state index contributed by atoms with van der Waals surface area (Å²) in [5, 5.41) is 9.53. The predicted molar refractivity (Wildman–Crippen MR) is 40.2 cm³/mol. The zero-order valence-electron chi connectivity index (χ0n) is 6.01. The van der Waals surface area contributed by atoms with E-state index in [1.165, 1.54) is 0 Å². The first-order chi connectivity index (χ1) is 4.66. The highest BCUT2D eigenvalue weighted by Crippen LogP contribution is 2.26. The first-order valence-electron chi connectivity index (χ1n) is 3.62. The molecule has 1 saturated carbocycles. The molecule has 56 valence electrons. The Labute approximate surface area is 61.4 Å². The lowest BCUT2D eigenvalue weighted by atomic mass is 9.83. The molecule has 0 aromatic heterocycles. The van der Waals surface area contributed by atoms with Gasteiger partial charge in [-0.25, -0.2) is 0 Å². The Morgan fingerprint density at radius 3 is 2.80 bits per heavy atom. The van der Waals surface area contributed by atoms with Gasteiger partial charge in [0.25, 0.3) is 0 Å². The maximum atomic E-state index is 9.53. The summed E-state index contributed by atoms with van der Waals surface area (Å²) in [4.78, 5) is 0. The van der Waals surface area contributed by atoms with Gasteiger partial charge in [-0.05, 0) is 19.3 Å². The van der Waals surface area contributed by atoms with Gasteiger partial charge in [-0.15, -0.1) is 6.42 Å². The average molecular weight is 139 g/mol. The number of aliphatic hydroxyl groups is 1. The number of nitrogens with two attached hydrogens (primary N) is 1. The van der Waals surface area contributed by atoms with Gasteiger partial charge in [-0.1, -0.05) is 5.92 Å². The van der Waals surface area contributed by atoms with Crippen LogP contribution in [0, 0.1) is 12.3 Å². The van der Waals surface area contributed by atoms with Crippen LogP contribution in [0.2, 0.25) is 0 Å². The smallest absolute Gasteiger partial charge is 0.126 e. The minimum atomic E-state index is -0.905. The summed E-state index contributed by atoms with van der Waals surface area (Å²) >= 11 is 0. The van der Waals surface area contributed by atoms with E-state index in [4.69, 9.17) is 12.2 Å². The molecule has 3 N–H and O–H groups in total. The third-order valence-electron chi connectivity index (χ3n) is 2.03. The summed E-state index contributed by atoms with van der Waals surface area (Å²) in [5.74, 6) is 2.39. The van der Waals surface area contributed by atoms with Crippen molar-refractivity contribution in [3.05, 3.63) is 0 Å². The van der Waals surface area contributed by atoms with Crippen LogP contribution >= 0.6 is 0 Å². The van der Waals surface area contributed by atoms with Crippen molar-refractivity contribution >= 4 is 0 Å². The van der Waals surface area contributed by atoms with Gasteiger partial charge in [0.15, 0.2) is 0 Å². The summed E-state index contributed by atoms with van der Waals surface area (Å²) in [6.45, 7) is 0. The van der Waals surface area contributed by atoms with Gasteiger partial charge in [0, 0.05) is 12.5 Å². The highest BCUT2D eigenvalue weighted by Gasteiger charge is 2.30. The molecule has 0 aromatic rings. The minimum absolute atomic E-state index is 0.0924. The summed E-state index contributed by atoms with van der Waals surface area (Å²) in [7, 11) is 0. The standard InChI is InChI=1S/C8H13NO/c1-2-8(10)5-3-4-7(9)6-8/h1,7,10H,3-6,9H2. The molecule has 0 radical (unpaired) electrons. The van der Waals surface area contributed by atoms with Gasteiger partial charge < -0.3 is 10.8 Å². The summed E-state index contributed by atoms with van der Waals surface area (Å²) in [5.41, 5.74) is 4.73. The fourth-order valence-corrected chi connectivity index (χ4v) is 1.43. The van der Waals surface area contributed by atoms with Crippen molar-refractivity contribution in [1.82, 2.24) is 0 Å². The van der Waals surface area contributed by atoms with Crippen molar-refractivity contribution in [3.63, 3.8) is 0 Å². The summed E-state index contributed by atoms with van der Waals surface area (Å²) < 4.78 is 0. The second-order valence-electron chi connectivity index (χ2n) is 3.03. The fourth-order valence-electron chi connectivity index (χ4n) is 1.43. The Bertz CT molecular complexity index is 161. The van der Waals surface area contributed by atoms with Crippen molar-refractivity contribution in [2.24, 2.45) is 5.73 Å². The van der Waals surface area contributed by atoms with E-state index in [1.807, 2.05) is 0 Å². The molecular weight excluding hydrogens is 126 g/mol. The second kappa shape index (κ2) is 2.61. The molecule has 0 aliphatic heterocycles. The van der Waals surface area contributed by atoms with E-state index in [9.17, 15) is 5.11 Å². The van der Waals surface area contributed by atoms with E-state index in [0.717, 1.165) is 12.8 Å². The van der Waals surface area contributed by atoms with E-state index in [-0.39, 0.29) is 6.04 Å². The lowest BCUT2D eigenvalue weighted by molar-refractivity contribution is 0.0534. The van der Waals surface area contributed by atoms with Crippen LogP contribution in [0.1, 0.15) is 25.7 Å². The molecule has 0 aromatic carbocycles. The van der Waals surface area contributed by atoms with E-state index in [2.05, 4.69) is 5.92 Å². The summed E-state index contributed by atoms with van der Waals surface area (Å²) in [6, 6.07) is 0.0924. The maximum absolute atomic E-state index is 9.53. The van der Waals surface area contributed by atoms with E-state index in [1.54, 1.807) is 0 Å². The Kier molecular flexibility index (Phi) is 1.98. The van der Waals surface area contributed by atoms with E-state index < -0.39 is 5.60 Å². The fraction of sp³-hybridized carbons (Fsp3) is 0.750. The minimum Gasteiger partial charge on any atom is -0.378 e. The first kappa shape index (κ1) is 7.59. The number of hydrogen-bond donors (Lipinski definition) is 2. The molecule has 2 atom stereocenters. The molecule has 2 nitrogen and oxygen atoms in total. The molecule has 1 aliphatic rings. The van der Waals surface area contributed by atoms with Crippen LogP contribution in [0.15, 0.2) is 0 Å². The summed E-state index contributed by atoms with van der Waals surface area (Å²) in [6.07, 6.45) is 8.35. The van der Waals surface area contributed by atoms with Crippen LogP contribution in [-0.2, 0) is 0 Å². The van der Waals surface area contributed by atoms with Crippen LogP contribution in [0.5, 0.6) is 0 Å². The third-order valence-corrected chi connectivity index (χ3v) is 2.03. The Morgan fingerprint density at radius 2 is 2.40 bits per heavy atom. The second-order valence-corrected chi connectivity index (χ2v) is 3.03. The molecule has 0 heterocycles. The van der Waals surface area contributed by atoms with Gasteiger partial charge in [0.1, 0.15) is 5.60 Å². The van der Waals surface area contributed by atoms with Crippen molar-refractivity contribution in [2.75, 3.05) is 0 Å². The topological polar surface area (TPSA) is 46.2 Å². The molecule has 10 heavy (non-hydrogen) atoms. The Balaban J connectivity index is 2.56. The predicted octanol–water partition coefficient (Wildman–Crippen LogP) is 0.252. The molecule has 1 fully saturated rings. The normalized spacial score (nSPS) is 40.7. The molecular formula is C8H13NO. The van der Waals surface area contributed by atoms with Crippen LogP contribution in [0.25, 0.3) is 0 Å².